The average Bonchev–Trinajstić information content (AvgIpc) is 2.87. The van der Waals surface area contributed by atoms with E-state index in [1.807, 2.05) is 0 Å². The van der Waals surface area contributed by atoms with Crippen LogP contribution in [0.3, 0.4) is 0 Å². The number of hydrogen-bond donors (Lipinski definition) is 0. The molecular weight excluding hydrogens is 280 g/mol. The van der Waals surface area contributed by atoms with Crippen molar-refractivity contribution in [2.45, 2.75) is 20.8 Å². The molecule has 0 radical (unpaired) electrons. The van der Waals surface area contributed by atoms with E-state index in [2.05, 4.69) is 91.4 Å². The van der Waals surface area contributed by atoms with Gasteiger partial charge in [-0.2, -0.15) is 4.40 Å². The highest BCUT2D eigenvalue weighted by Crippen LogP contribution is 2.18. The van der Waals surface area contributed by atoms with Crippen LogP contribution in [-0.2, 0) is 7.05 Å². The number of pyridine rings is 1. The lowest BCUT2D eigenvalue weighted by atomic mass is 10.1. The minimum Gasteiger partial charge on any atom is -0.225 e. The van der Waals surface area contributed by atoms with Gasteiger partial charge in [0.15, 0.2) is 11.0 Å². The van der Waals surface area contributed by atoms with Crippen LogP contribution in [0.15, 0.2) is 48.5 Å². The molecule has 23 heavy (non-hydrogen) atoms. The average molecular weight is 301 g/mol. The van der Waals surface area contributed by atoms with Crippen LogP contribution in [0, 0.1) is 0 Å². The smallest absolute Gasteiger partial charge is 0.225 e. The van der Waals surface area contributed by atoms with Gasteiger partial charge in [0.1, 0.15) is 5.52 Å². The zero-order valence-electron chi connectivity index (χ0n) is 14.1. The van der Waals surface area contributed by atoms with Crippen molar-refractivity contribution in [1.82, 2.24) is 4.40 Å². The fourth-order valence-corrected chi connectivity index (χ4v) is 3.78. The molecule has 114 valence electrons. The van der Waals surface area contributed by atoms with Crippen molar-refractivity contribution in [2.24, 2.45) is 7.05 Å². The number of fused-ring (bicyclic) bond motifs is 5. The van der Waals surface area contributed by atoms with Gasteiger partial charge in [0.05, 0.1) is 12.3 Å². The Labute approximate surface area is 135 Å². The van der Waals surface area contributed by atoms with Crippen LogP contribution in [0.2, 0.25) is 0 Å². The summed E-state index contributed by atoms with van der Waals surface area (Å²) < 4.78 is 4.72. The Bertz CT molecular complexity index is 1190. The summed E-state index contributed by atoms with van der Waals surface area (Å²) in [5, 5.41) is 3.97. The minimum absolute atomic E-state index is 1.26. The number of aryl methyl sites for hydroxylation is 1. The summed E-state index contributed by atoms with van der Waals surface area (Å²) in [7, 11) is 2.16. The van der Waals surface area contributed by atoms with Crippen LogP contribution in [0.4, 0.5) is 0 Å². The van der Waals surface area contributed by atoms with Gasteiger partial charge < -0.3 is 0 Å². The molecule has 0 aliphatic heterocycles. The van der Waals surface area contributed by atoms with Crippen LogP contribution in [0.25, 0.3) is 39.2 Å². The second-order valence-electron chi connectivity index (χ2n) is 6.30. The Kier molecular flexibility index (Phi) is 3.02. The predicted octanol–water partition coefficient (Wildman–Crippen LogP) is 3.06. The number of para-hydroxylation sites is 3. The monoisotopic (exact) mass is 301 g/mol. The molecule has 0 saturated heterocycles. The first kappa shape index (κ1) is 14.0. The van der Waals surface area contributed by atoms with E-state index in [1.165, 1.54) is 43.6 Å². The van der Waals surface area contributed by atoms with E-state index in [-0.39, 0.29) is 0 Å². The number of nitrogens with zero attached hydrogens (tertiary/aromatic N) is 2. The van der Waals surface area contributed by atoms with Crippen molar-refractivity contribution in [1.29, 1.82) is 0 Å². The van der Waals surface area contributed by atoms with Crippen molar-refractivity contribution in [3.05, 3.63) is 59.0 Å². The highest BCUT2D eigenvalue weighted by molar-refractivity contribution is 5.89. The van der Waals surface area contributed by atoms with Crippen LogP contribution in [-0.4, -0.2) is 4.40 Å². The molecule has 0 bridgehead atoms. The van der Waals surface area contributed by atoms with Crippen molar-refractivity contribution in [3.8, 4) is 0 Å². The molecular formula is C21H21N2+. The Morgan fingerprint density at radius 1 is 0.957 bits per heavy atom. The van der Waals surface area contributed by atoms with Crippen molar-refractivity contribution >= 4 is 39.2 Å². The largest absolute Gasteiger partial charge is 0.295 e. The minimum atomic E-state index is 1.26. The summed E-state index contributed by atoms with van der Waals surface area (Å²) in [4.78, 5) is 0. The molecule has 2 aromatic heterocycles. The van der Waals surface area contributed by atoms with Crippen LogP contribution in [0.5, 0.6) is 0 Å². The lowest BCUT2D eigenvalue weighted by Gasteiger charge is -2.03. The van der Waals surface area contributed by atoms with Gasteiger partial charge in [-0.3, -0.25) is 0 Å². The Morgan fingerprint density at radius 3 is 2.30 bits per heavy atom. The molecule has 2 heteroatoms. The molecule has 0 spiro atoms. The topological polar surface area (TPSA) is 8.29 Å². The molecule has 0 aliphatic rings. The predicted molar refractivity (Wildman–Crippen MR) is 97.7 cm³/mol. The molecule has 0 N–H and O–H groups in total. The summed E-state index contributed by atoms with van der Waals surface area (Å²) >= 11 is 0. The van der Waals surface area contributed by atoms with E-state index in [1.54, 1.807) is 0 Å². The first-order valence-electron chi connectivity index (χ1n) is 8.09. The maximum Gasteiger partial charge on any atom is 0.295 e. The Morgan fingerprint density at radius 2 is 1.61 bits per heavy atom. The van der Waals surface area contributed by atoms with Crippen LogP contribution in [0.1, 0.15) is 20.8 Å². The quantitative estimate of drug-likeness (QED) is 0.441. The number of benzene rings is 2. The van der Waals surface area contributed by atoms with Gasteiger partial charge in [-0.05, 0) is 44.2 Å². The van der Waals surface area contributed by atoms with Crippen LogP contribution >= 0.6 is 0 Å². The molecule has 2 nitrogen and oxygen atoms in total. The third kappa shape index (κ3) is 1.78. The van der Waals surface area contributed by atoms with Crippen LogP contribution < -0.4 is 15.0 Å². The molecule has 0 aliphatic carbocycles. The second-order valence-corrected chi connectivity index (χ2v) is 6.30. The zero-order chi connectivity index (χ0) is 16.1. The number of hydrogen-bond acceptors (Lipinski definition) is 0. The number of aromatic nitrogens is 2. The summed E-state index contributed by atoms with van der Waals surface area (Å²) in [5.41, 5.74) is 6.38. The summed E-state index contributed by atoms with van der Waals surface area (Å²) in [5.74, 6) is 0. The number of rotatable bonds is 0. The SMILES string of the molecule is C/C=c1\c(=C(C)C)c2n(c3ccccc13)c1ccccc1[n+]2C. The lowest BCUT2D eigenvalue weighted by molar-refractivity contribution is -0.618. The molecule has 2 heterocycles. The fraction of sp³-hybridized carbons (Fsp3) is 0.190. The van der Waals surface area contributed by atoms with E-state index in [0.29, 0.717) is 0 Å². The zero-order valence-corrected chi connectivity index (χ0v) is 14.1. The van der Waals surface area contributed by atoms with Gasteiger partial charge in [0.2, 0.25) is 0 Å². The van der Waals surface area contributed by atoms with E-state index >= 15 is 0 Å². The van der Waals surface area contributed by atoms with E-state index < -0.39 is 0 Å². The van der Waals surface area contributed by atoms with E-state index in [4.69, 9.17) is 0 Å². The van der Waals surface area contributed by atoms with Crippen molar-refractivity contribution in [2.75, 3.05) is 0 Å². The summed E-state index contributed by atoms with van der Waals surface area (Å²) in [6.07, 6.45) is 2.24. The van der Waals surface area contributed by atoms with E-state index in [0.717, 1.165) is 0 Å². The van der Waals surface area contributed by atoms with Gasteiger partial charge in [-0.15, -0.1) is 0 Å². The molecule has 0 fully saturated rings. The maximum absolute atomic E-state index is 2.40. The van der Waals surface area contributed by atoms with Crippen molar-refractivity contribution < 1.29 is 4.57 Å². The highest BCUT2D eigenvalue weighted by Gasteiger charge is 2.21. The summed E-state index contributed by atoms with van der Waals surface area (Å²) in [6, 6.07) is 17.3. The summed E-state index contributed by atoms with van der Waals surface area (Å²) in [6.45, 7) is 6.54. The van der Waals surface area contributed by atoms with E-state index in [9.17, 15) is 0 Å². The molecule has 0 amide bonds. The Balaban J connectivity index is 2.58. The Hall–Kier alpha value is -2.61. The first-order valence-corrected chi connectivity index (χ1v) is 8.09. The molecule has 0 atom stereocenters. The fourth-order valence-electron chi connectivity index (χ4n) is 3.78. The molecule has 2 aromatic carbocycles. The molecule has 0 unspecified atom stereocenters. The van der Waals surface area contributed by atoms with Crippen molar-refractivity contribution in [3.63, 3.8) is 0 Å². The molecule has 4 rings (SSSR count). The normalized spacial score (nSPS) is 12.6. The molecule has 0 saturated carbocycles. The van der Waals surface area contributed by atoms with Gasteiger partial charge in [0.25, 0.3) is 5.65 Å². The van der Waals surface area contributed by atoms with Gasteiger partial charge in [0, 0.05) is 5.39 Å². The maximum atomic E-state index is 2.40. The number of imidazole rings is 1. The lowest BCUT2D eigenvalue weighted by Crippen LogP contribution is -2.39. The van der Waals surface area contributed by atoms with Gasteiger partial charge in [-0.1, -0.05) is 42.0 Å². The first-order chi connectivity index (χ1) is 11.1. The standard InChI is InChI=1S/C21H21N2/c1-5-15-16-10-6-7-11-17(16)23-19-13-9-8-12-18(19)22(4)21(23)20(15)14(2)3/h5-13H,1-4H3/q+1/b15-5-. The van der Waals surface area contributed by atoms with Gasteiger partial charge in [-0.25, -0.2) is 4.57 Å². The third-order valence-corrected chi connectivity index (χ3v) is 4.73. The van der Waals surface area contributed by atoms with Gasteiger partial charge >= 0.3 is 0 Å². The molecule has 4 aromatic rings. The second kappa shape index (κ2) is 4.95. The third-order valence-electron chi connectivity index (χ3n) is 4.73. The highest BCUT2D eigenvalue weighted by atomic mass is 15.1.